The summed E-state index contributed by atoms with van der Waals surface area (Å²) in [6.07, 6.45) is 5.86. The second-order valence-corrected chi connectivity index (χ2v) is 12.2. The molecule has 1 aliphatic rings. The van der Waals surface area contributed by atoms with Crippen molar-refractivity contribution in [2.75, 3.05) is 17.1 Å². The van der Waals surface area contributed by atoms with Crippen molar-refractivity contribution in [3.05, 3.63) is 64.7 Å². The standard InChI is InChI=1S/C29H41N3O4S/c1-21-11-8-13-25(19-21)20-31(24(4)29(34)30-26-14-6-7-15-26)28(33)17-10-18-32(37(5,35)36)27-16-9-12-22(2)23(27)3/h8-9,11-13,16,19,24,26H,6-7,10,14-15,17-18,20H2,1-5H3,(H,30,34)/t24-/m0/s1. The summed E-state index contributed by atoms with van der Waals surface area (Å²) in [6.45, 7) is 8.14. The van der Waals surface area contributed by atoms with Gasteiger partial charge in [-0.2, -0.15) is 0 Å². The maximum atomic E-state index is 13.5. The van der Waals surface area contributed by atoms with Crippen molar-refractivity contribution in [3.8, 4) is 0 Å². The van der Waals surface area contributed by atoms with Crippen LogP contribution in [0.2, 0.25) is 0 Å². The van der Waals surface area contributed by atoms with Gasteiger partial charge in [0.2, 0.25) is 21.8 Å². The first-order valence-corrected chi connectivity index (χ1v) is 15.0. The number of benzene rings is 2. The summed E-state index contributed by atoms with van der Waals surface area (Å²) in [5.74, 6) is -0.300. The fraction of sp³-hybridized carbons (Fsp3) is 0.517. The van der Waals surface area contributed by atoms with Gasteiger partial charge in [-0.15, -0.1) is 0 Å². The Morgan fingerprint density at radius 1 is 1.05 bits per heavy atom. The number of aryl methyl sites for hydroxylation is 2. The van der Waals surface area contributed by atoms with Crippen LogP contribution < -0.4 is 9.62 Å². The van der Waals surface area contributed by atoms with E-state index in [1.165, 1.54) is 10.6 Å². The Labute approximate surface area is 222 Å². The van der Waals surface area contributed by atoms with E-state index in [1.54, 1.807) is 17.9 Å². The van der Waals surface area contributed by atoms with Crippen LogP contribution in [0.15, 0.2) is 42.5 Å². The Kier molecular flexibility index (Phi) is 9.76. The average molecular weight is 528 g/mol. The van der Waals surface area contributed by atoms with Crippen LogP contribution in [0.1, 0.15) is 67.7 Å². The number of sulfonamides is 1. The third kappa shape index (κ3) is 7.81. The summed E-state index contributed by atoms with van der Waals surface area (Å²) in [5, 5.41) is 3.12. The van der Waals surface area contributed by atoms with E-state index in [9.17, 15) is 18.0 Å². The molecule has 0 saturated heterocycles. The van der Waals surface area contributed by atoms with Crippen molar-refractivity contribution in [2.45, 2.75) is 84.8 Å². The lowest BCUT2D eigenvalue weighted by Gasteiger charge is -2.30. The van der Waals surface area contributed by atoms with E-state index in [0.717, 1.165) is 47.9 Å². The highest BCUT2D eigenvalue weighted by atomic mass is 32.2. The van der Waals surface area contributed by atoms with E-state index < -0.39 is 16.1 Å². The van der Waals surface area contributed by atoms with Crippen LogP contribution in [-0.4, -0.2) is 50.0 Å². The number of anilines is 1. The summed E-state index contributed by atoms with van der Waals surface area (Å²) in [6, 6.07) is 13.1. The van der Waals surface area contributed by atoms with E-state index in [1.807, 2.05) is 57.2 Å². The summed E-state index contributed by atoms with van der Waals surface area (Å²) in [7, 11) is -3.53. The monoisotopic (exact) mass is 527 g/mol. The minimum atomic E-state index is -3.53. The lowest BCUT2D eigenvalue weighted by molar-refractivity contribution is -0.141. The van der Waals surface area contributed by atoms with Crippen molar-refractivity contribution in [3.63, 3.8) is 0 Å². The topological polar surface area (TPSA) is 86.8 Å². The third-order valence-corrected chi connectivity index (χ3v) is 8.48. The average Bonchev–Trinajstić information content (AvgIpc) is 3.34. The number of nitrogens with zero attached hydrogens (tertiary/aromatic N) is 2. The van der Waals surface area contributed by atoms with Gasteiger partial charge in [0.05, 0.1) is 11.9 Å². The molecular weight excluding hydrogens is 486 g/mol. The van der Waals surface area contributed by atoms with Crippen molar-refractivity contribution >= 4 is 27.5 Å². The van der Waals surface area contributed by atoms with Crippen molar-refractivity contribution in [1.82, 2.24) is 10.2 Å². The molecule has 1 fully saturated rings. The lowest BCUT2D eigenvalue weighted by Crippen LogP contribution is -2.49. The van der Waals surface area contributed by atoms with Gasteiger partial charge in [-0.05, 0) is 69.7 Å². The summed E-state index contributed by atoms with van der Waals surface area (Å²) in [4.78, 5) is 28.2. The van der Waals surface area contributed by atoms with Gasteiger partial charge < -0.3 is 10.2 Å². The summed E-state index contributed by atoms with van der Waals surface area (Å²) >= 11 is 0. The van der Waals surface area contributed by atoms with Gasteiger partial charge >= 0.3 is 0 Å². The Hall–Kier alpha value is -2.87. The summed E-state index contributed by atoms with van der Waals surface area (Å²) < 4.78 is 26.6. The Balaban J connectivity index is 1.74. The predicted octanol–water partition coefficient (Wildman–Crippen LogP) is 4.63. The highest BCUT2D eigenvalue weighted by Crippen LogP contribution is 2.26. The van der Waals surface area contributed by atoms with E-state index in [2.05, 4.69) is 5.32 Å². The second kappa shape index (κ2) is 12.6. The molecule has 0 bridgehead atoms. The molecular formula is C29H41N3O4S. The minimum Gasteiger partial charge on any atom is -0.352 e. The molecule has 1 saturated carbocycles. The molecule has 1 aliphatic carbocycles. The Morgan fingerprint density at radius 2 is 1.73 bits per heavy atom. The second-order valence-electron chi connectivity index (χ2n) is 10.3. The zero-order chi connectivity index (χ0) is 27.2. The third-order valence-electron chi connectivity index (χ3n) is 7.30. The molecule has 8 heteroatoms. The largest absolute Gasteiger partial charge is 0.352 e. The number of carbonyl (C=O) groups is 2. The van der Waals surface area contributed by atoms with Crippen LogP contribution in [0.5, 0.6) is 0 Å². The molecule has 3 rings (SSSR count). The van der Waals surface area contributed by atoms with Crippen molar-refractivity contribution in [2.24, 2.45) is 0 Å². The van der Waals surface area contributed by atoms with Crippen molar-refractivity contribution in [1.29, 1.82) is 0 Å². The molecule has 7 nitrogen and oxygen atoms in total. The molecule has 0 heterocycles. The van der Waals surface area contributed by atoms with Gasteiger partial charge in [-0.1, -0.05) is 54.8 Å². The van der Waals surface area contributed by atoms with E-state index in [0.29, 0.717) is 18.7 Å². The smallest absolute Gasteiger partial charge is 0.242 e. The Morgan fingerprint density at radius 3 is 2.38 bits per heavy atom. The lowest BCUT2D eigenvalue weighted by atomic mass is 10.1. The fourth-order valence-corrected chi connectivity index (χ4v) is 5.99. The van der Waals surface area contributed by atoms with Crippen molar-refractivity contribution < 1.29 is 18.0 Å². The van der Waals surface area contributed by atoms with Gasteiger partial charge in [0.1, 0.15) is 6.04 Å². The maximum absolute atomic E-state index is 13.5. The molecule has 0 unspecified atom stereocenters. The Bertz CT molecular complexity index is 1210. The van der Waals surface area contributed by atoms with Crippen LogP contribution in [-0.2, 0) is 26.2 Å². The first-order valence-electron chi connectivity index (χ1n) is 13.2. The van der Waals surface area contributed by atoms with Gasteiger partial charge in [0, 0.05) is 25.6 Å². The van der Waals surface area contributed by atoms with E-state index >= 15 is 0 Å². The van der Waals surface area contributed by atoms with Crippen LogP contribution in [0.4, 0.5) is 5.69 Å². The first-order chi connectivity index (χ1) is 17.5. The van der Waals surface area contributed by atoms with Gasteiger partial charge in [0.25, 0.3) is 0 Å². The van der Waals surface area contributed by atoms with E-state index in [4.69, 9.17) is 0 Å². The maximum Gasteiger partial charge on any atom is 0.242 e. The zero-order valence-electron chi connectivity index (χ0n) is 22.8. The van der Waals surface area contributed by atoms with Gasteiger partial charge in [-0.25, -0.2) is 8.42 Å². The molecule has 37 heavy (non-hydrogen) atoms. The van der Waals surface area contributed by atoms with E-state index in [-0.39, 0.29) is 30.8 Å². The highest BCUT2D eigenvalue weighted by molar-refractivity contribution is 7.92. The number of hydrogen-bond acceptors (Lipinski definition) is 4. The van der Waals surface area contributed by atoms with Crippen LogP contribution >= 0.6 is 0 Å². The fourth-order valence-electron chi connectivity index (χ4n) is 4.97. The quantitative estimate of drug-likeness (QED) is 0.461. The highest BCUT2D eigenvalue weighted by Gasteiger charge is 2.29. The van der Waals surface area contributed by atoms with Gasteiger partial charge in [-0.3, -0.25) is 13.9 Å². The molecule has 0 radical (unpaired) electrons. The minimum absolute atomic E-state index is 0.138. The zero-order valence-corrected chi connectivity index (χ0v) is 23.6. The predicted molar refractivity (Wildman–Crippen MR) is 149 cm³/mol. The van der Waals surface area contributed by atoms with Crippen LogP contribution in [0, 0.1) is 20.8 Å². The molecule has 2 aromatic carbocycles. The SMILES string of the molecule is Cc1cccc(CN(C(=O)CCCN(c2cccc(C)c2C)S(C)(=O)=O)[C@@H](C)C(=O)NC2CCCC2)c1. The number of rotatable bonds is 11. The molecule has 202 valence electrons. The van der Waals surface area contributed by atoms with Crippen LogP contribution in [0.3, 0.4) is 0 Å². The molecule has 0 spiro atoms. The van der Waals surface area contributed by atoms with Gasteiger partial charge in [0.15, 0.2) is 0 Å². The first kappa shape index (κ1) is 28.7. The number of nitrogens with one attached hydrogen (secondary N) is 1. The normalized spacial score (nSPS) is 14.8. The molecule has 0 aliphatic heterocycles. The molecule has 1 N–H and O–H groups in total. The molecule has 2 amide bonds. The molecule has 0 aromatic heterocycles. The number of hydrogen-bond donors (Lipinski definition) is 1. The number of carbonyl (C=O) groups excluding carboxylic acids is 2. The number of amides is 2. The summed E-state index contributed by atoms with van der Waals surface area (Å²) in [5.41, 5.74) is 4.59. The molecule has 2 aromatic rings. The van der Waals surface area contributed by atoms with Crippen LogP contribution in [0.25, 0.3) is 0 Å². The molecule has 1 atom stereocenters.